The summed E-state index contributed by atoms with van der Waals surface area (Å²) in [5.41, 5.74) is 1.45. The summed E-state index contributed by atoms with van der Waals surface area (Å²) < 4.78 is 1.17. The first kappa shape index (κ1) is 13.1. The van der Waals surface area contributed by atoms with E-state index in [0.29, 0.717) is 0 Å². The molecule has 0 atom stereocenters. The molecule has 1 aromatic rings. The van der Waals surface area contributed by atoms with E-state index in [2.05, 4.69) is 54.0 Å². The maximum atomic E-state index is 3.48. The van der Waals surface area contributed by atoms with Gasteiger partial charge in [-0.15, -0.1) is 0 Å². The highest BCUT2D eigenvalue weighted by atomic mass is 79.9. The van der Waals surface area contributed by atoms with Crippen LogP contribution in [0, 0.1) is 0 Å². The molecule has 2 nitrogen and oxygen atoms in total. The van der Waals surface area contributed by atoms with E-state index >= 15 is 0 Å². The van der Waals surface area contributed by atoms with Crippen molar-refractivity contribution in [3.05, 3.63) is 34.3 Å². The molecule has 0 radical (unpaired) electrons. The Hall–Kier alpha value is -0.380. The first-order chi connectivity index (χ1) is 8.15. The fourth-order valence-electron chi connectivity index (χ4n) is 2.57. The molecule has 0 aliphatic carbocycles. The van der Waals surface area contributed by atoms with Crippen LogP contribution >= 0.6 is 15.9 Å². The van der Waals surface area contributed by atoms with Crippen molar-refractivity contribution in [2.24, 2.45) is 0 Å². The fourth-order valence-corrected chi connectivity index (χ4v) is 2.83. The van der Waals surface area contributed by atoms with E-state index in [1.165, 1.54) is 42.8 Å². The molecule has 17 heavy (non-hydrogen) atoms. The number of benzene rings is 1. The highest BCUT2D eigenvalue weighted by Gasteiger charge is 2.24. The molecule has 1 aliphatic rings. The quantitative estimate of drug-likeness (QED) is 0.786. The minimum atomic E-state index is 0.782. The van der Waals surface area contributed by atoms with Crippen molar-refractivity contribution in [3.63, 3.8) is 0 Å². The lowest BCUT2D eigenvalue weighted by atomic mass is 10.2. The van der Waals surface area contributed by atoms with E-state index in [1.807, 2.05) is 0 Å². The van der Waals surface area contributed by atoms with Crippen molar-refractivity contribution >= 4 is 15.9 Å². The number of hydrogen-bond acceptors (Lipinski definition) is 0. The molecule has 0 spiro atoms. The third-order valence-electron chi connectivity index (χ3n) is 3.78. The van der Waals surface area contributed by atoms with Gasteiger partial charge in [-0.2, -0.15) is 0 Å². The van der Waals surface area contributed by atoms with Crippen LogP contribution in [-0.2, 0) is 6.54 Å². The number of rotatable bonds is 3. The summed E-state index contributed by atoms with van der Waals surface area (Å²) in [6, 6.07) is 9.54. The summed E-state index contributed by atoms with van der Waals surface area (Å²) in [4.78, 5) is 3.50. The molecule has 1 saturated heterocycles. The van der Waals surface area contributed by atoms with Gasteiger partial charge in [0.1, 0.15) is 32.7 Å². The van der Waals surface area contributed by atoms with Crippen LogP contribution in [0.1, 0.15) is 19.4 Å². The van der Waals surface area contributed by atoms with Gasteiger partial charge in [-0.1, -0.05) is 28.1 Å². The van der Waals surface area contributed by atoms with Crippen LogP contribution in [0.5, 0.6) is 0 Å². The Morgan fingerprint density at radius 3 is 2.18 bits per heavy atom. The molecule has 0 saturated carbocycles. The third-order valence-corrected chi connectivity index (χ3v) is 4.31. The van der Waals surface area contributed by atoms with E-state index in [1.54, 1.807) is 9.80 Å². The SMILES string of the molecule is CC(C)[NH+]1CC[NH+](Cc2ccc(Br)cc2)CC1. The Morgan fingerprint density at radius 1 is 1.06 bits per heavy atom. The van der Waals surface area contributed by atoms with Gasteiger partial charge in [0.15, 0.2) is 0 Å². The van der Waals surface area contributed by atoms with Gasteiger partial charge in [-0.25, -0.2) is 0 Å². The predicted octanol–water partition coefficient (Wildman–Crippen LogP) is 0.141. The molecule has 94 valence electrons. The van der Waals surface area contributed by atoms with Crippen LogP contribution in [-0.4, -0.2) is 32.2 Å². The second-order valence-corrected chi connectivity index (χ2v) is 6.28. The molecule has 0 aromatic heterocycles. The first-order valence-electron chi connectivity index (χ1n) is 6.58. The van der Waals surface area contributed by atoms with Gasteiger partial charge in [0.05, 0.1) is 6.04 Å². The smallest absolute Gasteiger partial charge is 0.127 e. The number of nitrogens with one attached hydrogen (secondary N) is 2. The largest absolute Gasteiger partial charge is 0.324 e. The number of piperazine rings is 1. The van der Waals surface area contributed by atoms with Crippen molar-refractivity contribution in [1.82, 2.24) is 0 Å². The average molecular weight is 299 g/mol. The average Bonchev–Trinajstić information content (AvgIpc) is 2.33. The van der Waals surface area contributed by atoms with Crippen LogP contribution in [0.15, 0.2) is 28.7 Å². The zero-order chi connectivity index (χ0) is 12.3. The Bertz CT molecular complexity index is 340. The highest BCUT2D eigenvalue weighted by molar-refractivity contribution is 9.10. The minimum absolute atomic E-state index is 0.782. The lowest BCUT2D eigenvalue weighted by molar-refractivity contribution is -1.03. The van der Waals surface area contributed by atoms with Crippen LogP contribution in [0.3, 0.4) is 0 Å². The monoisotopic (exact) mass is 298 g/mol. The molecule has 1 aliphatic heterocycles. The lowest BCUT2D eigenvalue weighted by Gasteiger charge is -2.32. The summed E-state index contributed by atoms with van der Waals surface area (Å²) in [7, 11) is 0. The molecule has 0 bridgehead atoms. The molecule has 1 aromatic carbocycles. The summed E-state index contributed by atoms with van der Waals surface area (Å²) >= 11 is 3.48. The van der Waals surface area contributed by atoms with Gasteiger partial charge in [-0.3, -0.25) is 0 Å². The van der Waals surface area contributed by atoms with E-state index in [0.717, 1.165) is 6.04 Å². The summed E-state index contributed by atoms with van der Waals surface area (Å²) in [5, 5.41) is 0. The zero-order valence-electron chi connectivity index (χ0n) is 10.8. The first-order valence-corrected chi connectivity index (χ1v) is 7.37. The van der Waals surface area contributed by atoms with Gasteiger partial charge in [0.25, 0.3) is 0 Å². The number of quaternary nitrogens is 2. The Kier molecular flexibility index (Phi) is 4.60. The van der Waals surface area contributed by atoms with E-state index < -0.39 is 0 Å². The summed E-state index contributed by atoms with van der Waals surface area (Å²) in [6.45, 7) is 11.1. The van der Waals surface area contributed by atoms with Crippen molar-refractivity contribution in [1.29, 1.82) is 0 Å². The Labute approximate surface area is 113 Å². The molecule has 0 amide bonds. The van der Waals surface area contributed by atoms with Gasteiger partial charge in [-0.05, 0) is 26.0 Å². The maximum Gasteiger partial charge on any atom is 0.127 e. The van der Waals surface area contributed by atoms with Gasteiger partial charge < -0.3 is 9.80 Å². The van der Waals surface area contributed by atoms with Crippen molar-refractivity contribution in [2.45, 2.75) is 26.4 Å². The molecule has 1 fully saturated rings. The van der Waals surface area contributed by atoms with Crippen molar-refractivity contribution in [3.8, 4) is 0 Å². The maximum absolute atomic E-state index is 3.48. The van der Waals surface area contributed by atoms with Gasteiger partial charge in [0, 0.05) is 10.0 Å². The van der Waals surface area contributed by atoms with Crippen LogP contribution in [0.2, 0.25) is 0 Å². The van der Waals surface area contributed by atoms with E-state index in [4.69, 9.17) is 0 Å². The standard InChI is InChI=1S/C14H21BrN2/c1-12(2)17-9-7-16(8-10-17)11-13-3-5-14(15)6-4-13/h3-6,12H,7-11H2,1-2H3/p+2. The third kappa shape index (κ3) is 3.80. The van der Waals surface area contributed by atoms with Crippen molar-refractivity contribution in [2.75, 3.05) is 26.2 Å². The van der Waals surface area contributed by atoms with E-state index in [-0.39, 0.29) is 0 Å². The molecule has 3 heteroatoms. The fraction of sp³-hybridized carbons (Fsp3) is 0.571. The normalized spacial score (nSPS) is 25.2. The van der Waals surface area contributed by atoms with Crippen LogP contribution in [0.4, 0.5) is 0 Å². The number of halogens is 1. The van der Waals surface area contributed by atoms with Gasteiger partial charge >= 0.3 is 0 Å². The highest BCUT2D eigenvalue weighted by Crippen LogP contribution is 2.09. The van der Waals surface area contributed by atoms with Crippen LogP contribution in [0.25, 0.3) is 0 Å². The van der Waals surface area contributed by atoms with Gasteiger partial charge in [0.2, 0.25) is 0 Å². The second kappa shape index (κ2) is 5.98. The summed E-state index contributed by atoms with van der Waals surface area (Å²) in [6.07, 6.45) is 0. The van der Waals surface area contributed by atoms with Crippen LogP contribution < -0.4 is 9.80 Å². The molecule has 2 rings (SSSR count). The second-order valence-electron chi connectivity index (χ2n) is 5.37. The molecular weight excluding hydrogens is 276 g/mol. The summed E-state index contributed by atoms with van der Waals surface area (Å²) in [5.74, 6) is 0. The number of hydrogen-bond donors (Lipinski definition) is 2. The van der Waals surface area contributed by atoms with E-state index in [9.17, 15) is 0 Å². The lowest BCUT2D eigenvalue weighted by Crippen LogP contribution is -3.28. The Balaban J connectivity index is 1.84. The molecule has 2 N–H and O–H groups in total. The topological polar surface area (TPSA) is 8.88 Å². The zero-order valence-corrected chi connectivity index (χ0v) is 12.4. The van der Waals surface area contributed by atoms with Crippen molar-refractivity contribution < 1.29 is 9.80 Å². The molecular formula is C14H23BrN2+2. The molecule has 0 unspecified atom stereocenters. The molecule has 1 heterocycles. The minimum Gasteiger partial charge on any atom is -0.324 e. The predicted molar refractivity (Wildman–Crippen MR) is 74.4 cm³/mol. The Morgan fingerprint density at radius 2 is 1.65 bits per heavy atom.